The van der Waals surface area contributed by atoms with Gasteiger partial charge in [0, 0.05) is 37.9 Å². The van der Waals surface area contributed by atoms with Gasteiger partial charge in [-0.3, -0.25) is 9.69 Å². The second kappa shape index (κ2) is 8.70. The maximum absolute atomic E-state index is 13.4. The van der Waals surface area contributed by atoms with E-state index in [1.165, 1.54) is 6.07 Å². The van der Waals surface area contributed by atoms with Crippen LogP contribution in [-0.2, 0) is 14.8 Å². The fraction of sp³-hybridized carbons (Fsp3) is 0.316. The van der Waals surface area contributed by atoms with Gasteiger partial charge >= 0.3 is 0 Å². The summed E-state index contributed by atoms with van der Waals surface area (Å²) in [5, 5.41) is 2.49. The molecular formula is C19H19F4N3O3S. The molecule has 3 rings (SSSR count). The first kappa shape index (κ1) is 22.2. The van der Waals surface area contributed by atoms with Crippen molar-refractivity contribution >= 4 is 21.6 Å². The standard InChI is InChI=1S/C19H19F4N3O3S/c1-12(19(27)24-13-2-4-15(20)17(22)10-13)25-6-8-26(9-7-25)30(28,29)14-3-5-16(21)18(23)11-14/h2-5,10-12H,6-9H2,1H3,(H,24,27). The summed E-state index contributed by atoms with van der Waals surface area (Å²) in [4.78, 5) is 13.8. The molecule has 2 aromatic rings. The summed E-state index contributed by atoms with van der Waals surface area (Å²) < 4.78 is 79.2. The van der Waals surface area contributed by atoms with E-state index in [9.17, 15) is 30.8 Å². The van der Waals surface area contributed by atoms with E-state index in [4.69, 9.17) is 0 Å². The van der Waals surface area contributed by atoms with Gasteiger partial charge in [-0.05, 0) is 37.3 Å². The van der Waals surface area contributed by atoms with Crippen molar-refractivity contribution in [1.29, 1.82) is 0 Å². The smallest absolute Gasteiger partial charge is 0.243 e. The van der Waals surface area contributed by atoms with Crippen LogP contribution in [0.2, 0.25) is 0 Å². The Balaban J connectivity index is 1.61. The molecular weight excluding hydrogens is 426 g/mol. The Morgan fingerprint density at radius 1 is 0.900 bits per heavy atom. The van der Waals surface area contributed by atoms with Crippen molar-refractivity contribution in [3.05, 3.63) is 59.7 Å². The molecule has 1 amide bonds. The van der Waals surface area contributed by atoms with Gasteiger partial charge in [0.25, 0.3) is 0 Å². The predicted octanol–water partition coefficient (Wildman–Crippen LogP) is 2.58. The van der Waals surface area contributed by atoms with E-state index in [2.05, 4.69) is 5.32 Å². The first-order chi connectivity index (χ1) is 14.1. The number of amides is 1. The molecule has 1 fully saturated rings. The van der Waals surface area contributed by atoms with Gasteiger partial charge in [-0.25, -0.2) is 26.0 Å². The molecule has 0 radical (unpaired) electrons. The van der Waals surface area contributed by atoms with Crippen LogP contribution in [0.4, 0.5) is 23.2 Å². The lowest BCUT2D eigenvalue weighted by Crippen LogP contribution is -2.53. The van der Waals surface area contributed by atoms with Gasteiger partial charge in [0.2, 0.25) is 15.9 Å². The van der Waals surface area contributed by atoms with Crippen molar-refractivity contribution in [3.8, 4) is 0 Å². The van der Waals surface area contributed by atoms with Gasteiger partial charge in [-0.15, -0.1) is 0 Å². The molecule has 1 unspecified atom stereocenters. The number of nitrogens with zero attached hydrogens (tertiary/aromatic N) is 2. The van der Waals surface area contributed by atoms with Crippen molar-refractivity contribution in [3.63, 3.8) is 0 Å². The fourth-order valence-electron chi connectivity index (χ4n) is 3.10. The third-order valence-corrected chi connectivity index (χ3v) is 6.81. The van der Waals surface area contributed by atoms with Gasteiger partial charge in [0.15, 0.2) is 23.3 Å². The number of carbonyl (C=O) groups excluding carboxylic acids is 1. The van der Waals surface area contributed by atoms with Crippen molar-refractivity contribution in [2.75, 3.05) is 31.5 Å². The first-order valence-electron chi connectivity index (χ1n) is 9.05. The monoisotopic (exact) mass is 445 g/mol. The molecule has 162 valence electrons. The minimum Gasteiger partial charge on any atom is -0.325 e. The first-order valence-corrected chi connectivity index (χ1v) is 10.5. The van der Waals surface area contributed by atoms with Crippen LogP contribution >= 0.6 is 0 Å². The van der Waals surface area contributed by atoms with Gasteiger partial charge in [0.05, 0.1) is 10.9 Å². The van der Waals surface area contributed by atoms with Crippen molar-refractivity contribution in [2.24, 2.45) is 0 Å². The molecule has 0 aromatic heterocycles. The van der Waals surface area contributed by atoms with E-state index in [1.54, 1.807) is 11.8 Å². The van der Waals surface area contributed by atoms with E-state index in [0.29, 0.717) is 6.07 Å². The fourth-order valence-corrected chi connectivity index (χ4v) is 4.54. The molecule has 1 heterocycles. The van der Waals surface area contributed by atoms with E-state index < -0.39 is 45.2 Å². The SMILES string of the molecule is CC(C(=O)Nc1ccc(F)c(F)c1)N1CCN(S(=O)(=O)c2ccc(F)c(F)c2)CC1. The Hall–Kier alpha value is -2.50. The number of sulfonamides is 1. The van der Waals surface area contributed by atoms with Crippen LogP contribution in [0.25, 0.3) is 0 Å². The second-order valence-electron chi connectivity index (χ2n) is 6.81. The van der Waals surface area contributed by atoms with Crippen molar-refractivity contribution in [1.82, 2.24) is 9.21 Å². The summed E-state index contributed by atoms with van der Waals surface area (Å²) in [6, 6.07) is 4.72. The number of benzene rings is 2. The Kier molecular flexibility index (Phi) is 6.44. The molecule has 0 aliphatic carbocycles. The number of hydrogen-bond acceptors (Lipinski definition) is 4. The Morgan fingerprint density at radius 3 is 2.03 bits per heavy atom. The molecule has 2 aromatic carbocycles. The van der Waals surface area contributed by atoms with E-state index >= 15 is 0 Å². The Labute approximate surface area is 171 Å². The molecule has 0 spiro atoms. The predicted molar refractivity (Wildman–Crippen MR) is 101 cm³/mol. The average Bonchev–Trinajstić information content (AvgIpc) is 2.72. The number of carbonyl (C=O) groups is 1. The minimum absolute atomic E-state index is 0.0458. The molecule has 1 aliphatic rings. The van der Waals surface area contributed by atoms with Crippen molar-refractivity contribution < 1.29 is 30.8 Å². The maximum atomic E-state index is 13.4. The molecule has 1 N–H and O–H groups in total. The highest BCUT2D eigenvalue weighted by atomic mass is 32.2. The number of nitrogens with one attached hydrogen (secondary N) is 1. The number of piperazine rings is 1. The zero-order valence-corrected chi connectivity index (χ0v) is 16.7. The van der Waals surface area contributed by atoms with Crippen LogP contribution in [0.1, 0.15) is 6.92 Å². The van der Waals surface area contributed by atoms with Crippen LogP contribution in [0.5, 0.6) is 0 Å². The number of halogens is 4. The van der Waals surface area contributed by atoms with Crippen LogP contribution in [0, 0.1) is 23.3 Å². The van der Waals surface area contributed by atoms with E-state index in [-0.39, 0.29) is 36.8 Å². The molecule has 0 saturated carbocycles. The average molecular weight is 445 g/mol. The van der Waals surface area contributed by atoms with Gasteiger partial charge < -0.3 is 5.32 Å². The van der Waals surface area contributed by atoms with Crippen LogP contribution in [0.3, 0.4) is 0 Å². The highest BCUT2D eigenvalue weighted by molar-refractivity contribution is 7.89. The number of hydrogen-bond donors (Lipinski definition) is 1. The molecule has 6 nitrogen and oxygen atoms in total. The molecule has 0 bridgehead atoms. The largest absolute Gasteiger partial charge is 0.325 e. The lowest BCUT2D eigenvalue weighted by molar-refractivity contribution is -0.121. The van der Waals surface area contributed by atoms with Gasteiger partial charge in [-0.2, -0.15) is 4.31 Å². The van der Waals surface area contributed by atoms with Crippen LogP contribution < -0.4 is 5.32 Å². The summed E-state index contributed by atoms with van der Waals surface area (Å²) >= 11 is 0. The maximum Gasteiger partial charge on any atom is 0.243 e. The summed E-state index contributed by atoms with van der Waals surface area (Å²) in [5.74, 6) is -4.97. The summed E-state index contributed by atoms with van der Waals surface area (Å²) in [6.07, 6.45) is 0. The molecule has 1 atom stereocenters. The lowest BCUT2D eigenvalue weighted by atomic mass is 10.2. The van der Waals surface area contributed by atoms with Crippen LogP contribution in [0.15, 0.2) is 41.3 Å². The number of anilines is 1. The zero-order chi connectivity index (χ0) is 22.1. The molecule has 1 saturated heterocycles. The van der Waals surface area contributed by atoms with Gasteiger partial charge in [0.1, 0.15) is 0 Å². The highest BCUT2D eigenvalue weighted by Gasteiger charge is 2.32. The van der Waals surface area contributed by atoms with Crippen LogP contribution in [-0.4, -0.2) is 55.8 Å². The normalized spacial score (nSPS) is 17.0. The molecule has 30 heavy (non-hydrogen) atoms. The lowest BCUT2D eigenvalue weighted by Gasteiger charge is -2.36. The van der Waals surface area contributed by atoms with Gasteiger partial charge in [-0.1, -0.05) is 0 Å². The third kappa shape index (κ3) is 4.63. The molecule has 11 heteroatoms. The Morgan fingerprint density at radius 2 is 1.47 bits per heavy atom. The quantitative estimate of drug-likeness (QED) is 0.719. The molecule has 1 aliphatic heterocycles. The summed E-state index contributed by atoms with van der Waals surface area (Å²) in [7, 11) is -4.01. The summed E-state index contributed by atoms with van der Waals surface area (Å²) in [5.41, 5.74) is 0.102. The van der Waals surface area contributed by atoms with E-state index in [0.717, 1.165) is 28.6 Å². The highest BCUT2D eigenvalue weighted by Crippen LogP contribution is 2.21. The topological polar surface area (TPSA) is 69.7 Å². The zero-order valence-electron chi connectivity index (χ0n) is 15.9. The minimum atomic E-state index is -4.01. The number of rotatable bonds is 5. The second-order valence-corrected chi connectivity index (χ2v) is 8.75. The summed E-state index contributed by atoms with van der Waals surface area (Å²) in [6.45, 7) is 2.13. The third-order valence-electron chi connectivity index (χ3n) is 4.92. The Bertz CT molecular complexity index is 1060. The van der Waals surface area contributed by atoms with Crippen molar-refractivity contribution in [2.45, 2.75) is 17.9 Å². The van der Waals surface area contributed by atoms with E-state index in [1.807, 2.05) is 0 Å².